The zero-order chi connectivity index (χ0) is 18.6. The number of hydrogen-bond acceptors (Lipinski definition) is 6. The first-order valence-corrected chi connectivity index (χ1v) is 10.3. The van der Waals surface area contributed by atoms with Gasteiger partial charge in [-0.05, 0) is 17.7 Å². The van der Waals surface area contributed by atoms with Crippen molar-refractivity contribution in [2.75, 3.05) is 20.3 Å². The van der Waals surface area contributed by atoms with Gasteiger partial charge in [0, 0.05) is 44.0 Å². The summed E-state index contributed by atoms with van der Waals surface area (Å²) in [6.45, 7) is 0.795. The summed E-state index contributed by atoms with van der Waals surface area (Å²) in [4.78, 5) is 4.44. The van der Waals surface area contributed by atoms with Crippen LogP contribution in [0.5, 0.6) is 0 Å². The molecule has 0 saturated heterocycles. The van der Waals surface area contributed by atoms with Crippen LogP contribution in [0, 0.1) is 0 Å². The van der Waals surface area contributed by atoms with Gasteiger partial charge in [-0.3, -0.25) is 4.68 Å². The number of rotatable bonds is 8. The Kier molecular flexibility index (Phi) is 5.82. The van der Waals surface area contributed by atoms with Gasteiger partial charge < -0.3 is 4.74 Å². The number of ether oxygens (including phenoxy) is 1. The maximum atomic E-state index is 13.2. The van der Waals surface area contributed by atoms with E-state index in [1.807, 2.05) is 24.7 Å². The first kappa shape index (κ1) is 18.7. The monoisotopic (exact) mass is 392 g/mol. The Bertz CT molecular complexity index is 952. The van der Waals surface area contributed by atoms with Crippen molar-refractivity contribution in [3.8, 4) is 11.1 Å². The summed E-state index contributed by atoms with van der Waals surface area (Å²) in [6, 6.07) is 6.90. The van der Waals surface area contributed by atoms with Gasteiger partial charge in [-0.1, -0.05) is 12.1 Å². The smallest absolute Gasteiger partial charge is 0.243 e. The molecule has 0 aliphatic carbocycles. The number of aryl methyl sites for hydroxylation is 1. The molecule has 138 valence electrons. The minimum atomic E-state index is -3.68. The van der Waals surface area contributed by atoms with Crippen LogP contribution >= 0.6 is 11.3 Å². The summed E-state index contributed by atoms with van der Waals surface area (Å²) in [6.07, 6.45) is 5.23. The third-order valence-corrected chi connectivity index (χ3v) is 6.46. The van der Waals surface area contributed by atoms with E-state index in [9.17, 15) is 8.42 Å². The van der Waals surface area contributed by atoms with Gasteiger partial charge >= 0.3 is 0 Å². The molecule has 26 heavy (non-hydrogen) atoms. The molecule has 0 N–H and O–H groups in total. The van der Waals surface area contributed by atoms with Crippen molar-refractivity contribution in [1.82, 2.24) is 19.1 Å². The molecular formula is C17H20N4O3S2. The van der Waals surface area contributed by atoms with Crippen LogP contribution in [-0.4, -0.2) is 47.7 Å². The summed E-state index contributed by atoms with van der Waals surface area (Å²) in [5.41, 5.74) is 1.67. The van der Waals surface area contributed by atoms with Gasteiger partial charge in [0.1, 0.15) is 5.01 Å². The zero-order valence-corrected chi connectivity index (χ0v) is 16.2. The quantitative estimate of drug-likeness (QED) is 0.588. The Labute approximate surface area is 156 Å². The SMILES string of the molecule is COCCN(Cc1nccs1)S(=O)(=O)c1cccc(-c2cnn(C)c2)c1. The molecule has 2 heterocycles. The van der Waals surface area contributed by atoms with Gasteiger partial charge in [0.25, 0.3) is 0 Å². The second-order valence-electron chi connectivity index (χ2n) is 5.69. The molecule has 0 aliphatic rings. The lowest BCUT2D eigenvalue weighted by atomic mass is 10.1. The summed E-state index contributed by atoms with van der Waals surface area (Å²) in [5.74, 6) is 0. The normalized spacial score (nSPS) is 12.0. The lowest BCUT2D eigenvalue weighted by Crippen LogP contribution is -2.33. The van der Waals surface area contributed by atoms with Crippen LogP contribution in [0.3, 0.4) is 0 Å². The van der Waals surface area contributed by atoms with E-state index < -0.39 is 10.0 Å². The van der Waals surface area contributed by atoms with Crippen molar-refractivity contribution in [3.05, 3.63) is 53.2 Å². The third kappa shape index (κ3) is 4.18. The van der Waals surface area contributed by atoms with Crippen LogP contribution < -0.4 is 0 Å². The molecule has 7 nitrogen and oxygen atoms in total. The van der Waals surface area contributed by atoms with E-state index in [1.165, 1.54) is 15.6 Å². The van der Waals surface area contributed by atoms with E-state index in [2.05, 4.69) is 10.1 Å². The number of thiazole rings is 1. The Balaban J connectivity index is 1.93. The van der Waals surface area contributed by atoms with E-state index in [0.717, 1.165) is 16.1 Å². The molecule has 1 aromatic carbocycles. The molecule has 2 aromatic heterocycles. The third-order valence-electron chi connectivity index (χ3n) is 3.85. The van der Waals surface area contributed by atoms with Crippen LogP contribution in [0.2, 0.25) is 0 Å². The van der Waals surface area contributed by atoms with Crippen molar-refractivity contribution in [3.63, 3.8) is 0 Å². The Morgan fingerprint density at radius 1 is 1.31 bits per heavy atom. The zero-order valence-electron chi connectivity index (χ0n) is 14.6. The van der Waals surface area contributed by atoms with Gasteiger partial charge in [-0.15, -0.1) is 11.3 Å². The second kappa shape index (κ2) is 8.09. The number of hydrogen-bond donors (Lipinski definition) is 0. The number of benzene rings is 1. The van der Waals surface area contributed by atoms with Crippen LogP contribution in [0.4, 0.5) is 0 Å². The molecule has 3 rings (SSSR count). The number of nitrogens with zero attached hydrogens (tertiary/aromatic N) is 4. The van der Waals surface area contributed by atoms with E-state index in [0.29, 0.717) is 6.61 Å². The minimum absolute atomic E-state index is 0.223. The van der Waals surface area contributed by atoms with Crippen LogP contribution in [0.1, 0.15) is 5.01 Å². The molecule has 0 saturated carbocycles. The number of methoxy groups -OCH3 is 1. The van der Waals surface area contributed by atoms with Crippen molar-refractivity contribution in [2.45, 2.75) is 11.4 Å². The molecule has 0 amide bonds. The molecule has 0 spiro atoms. The summed E-state index contributed by atoms with van der Waals surface area (Å²) in [5, 5.41) is 6.72. The number of aromatic nitrogens is 3. The summed E-state index contributed by atoms with van der Waals surface area (Å²) in [7, 11) is -0.303. The molecule has 0 radical (unpaired) electrons. The van der Waals surface area contributed by atoms with Gasteiger partial charge in [0.05, 0.1) is 24.2 Å². The Hall–Kier alpha value is -2.07. The highest BCUT2D eigenvalue weighted by Gasteiger charge is 2.25. The minimum Gasteiger partial charge on any atom is -0.383 e. The molecule has 0 unspecified atom stereocenters. The molecule has 0 aliphatic heterocycles. The Morgan fingerprint density at radius 2 is 2.15 bits per heavy atom. The summed E-state index contributed by atoms with van der Waals surface area (Å²) < 4.78 is 34.5. The van der Waals surface area contributed by atoms with E-state index >= 15 is 0 Å². The Morgan fingerprint density at radius 3 is 2.81 bits per heavy atom. The van der Waals surface area contributed by atoms with Crippen molar-refractivity contribution in [2.24, 2.45) is 7.05 Å². The van der Waals surface area contributed by atoms with E-state index in [4.69, 9.17) is 4.74 Å². The predicted octanol–water partition coefficient (Wildman–Crippen LogP) is 2.38. The second-order valence-corrected chi connectivity index (χ2v) is 8.60. The van der Waals surface area contributed by atoms with Gasteiger partial charge in [0.2, 0.25) is 10.0 Å². The van der Waals surface area contributed by atoms with Gasteiger partial charge in [0.15, 0.2) is 0 Å². The van der Waals surface area contributed by atoms with Crippen LogP contribution in [0.15, 0.2) is 53.1 Å². The molecule has 0 fully saturated rings. The van der Waals surface area contributed by atoms with Crippen LogP contribution in [0.25, 0.3) is 11.1 Å². The molecular weight excluding hydrogens is 372 g/mol. The van der Waals surface area contributed by atoms with E-state index in [-0.39, 0.29) is 18.0 Å². The van der Waals surface area contributed by atoms with E-state index in [1.54, 1.807) is 42.4 Å². The fourth-order valence-corrected chi connectivity index (χ4v) is 4.66. The highest BCUT2D eigenvalue weighted by molar-refractivity contribution is 7.89. The fourth-order valence-electron chi connectivity index (χ4n) is 2.51. The molecule has 0 atom stereocenters. The topological polar surface area (TPSA) is 77.3 Å². The highest BCUT2D eigenvalue weighted by atomic mass is 32.2. The largest absolute Gasteiger partial charge is 0.383 e. The lowest BCUT2D eigenvalue weighted by molar-refractivity contribution is 0.177. The number of sulfonamides is 1. The van der Waals surface area contributed by atoms with Gasteiger partial charge in [-0.2, -0.15) is 9.40 Å². The maximum Gasteiger partial charge on any atom is 0.243 e. The van der Waals surface area contributed by atoms with Crippen molar-refractivity contribution >= 4 is 21.4 Å². The maximum absolute atomic E-state index is 13.2. The highest BCUT2D eigenvalue weighted by Crippen LogP contribution is 2.25. The molecule has 0 bridgehead atoms. The lowest BCUT2D eigenvalue weighted by Gasteiger charge is -2.21. The van der Waals surface area contributed by atoms with Crippen molar-refractivity contribution in [1.29, 1.82) is 0 Å². The van der Waals surface area contributed by atoms with Gasteiger partial charge in [-0.25, -0.2) is 13.4 Å². The summed E-state index contributed by atoms with van der Waals surface area (Å²) >= 11 is 1.43. The molecule has 3 aromatic rings. The average Bonchev–Trinajstić information content (AvgIpc) is 3.30. The predicted molar refractivity (Wildman–Crippen MR) is 100 cm³/mol. The average molecular weight is 393 g/mol. The first-order valence-electron chi connectivity index (χ1n) is 7.97. The van der Waals surface area contributed by atoms with Crippen molar-refractivity contribution < 1.29 is 13.2 Å². The van der Waals surface area contributed by atoms with Crippen LogP contribution in [-0.2, 0) is 28.4 Å². The molecule has 9 heteroatoms. The first-order chi connectivity index (χ1) is 12.5. The standard InChI is InChI=1S/C17H20N4O3S2/c1-20-12-15(11-19-20)14-4-3-5-16(10-14)26(22,23)21(7-8-24-2)13-17-18-6-9-25-17/h3-6,9-12H,7-8,13H2,1-2H3. The fraction of sp³-hybridized carbons (Fsp3) is 0.294.